The molecule has 0 saturated heterocycles. The zero-order valence-electron chi connectivity index (χ0n) is 12.5. The Morgan fingerprint density at radius 2 is 2.00 bits per heavy atom. The highest BCUT2D eigenvalue weighted by Gasteiger charge is 2.17. The molecule has 0 unspecified atom stereocenters. The van der Waals surface area contributed by atoms with Gasteiger partial charge in [0.1, 0.15) is 11.3 Å². The smallest absolute Gasteiger partial charge is 0.374 e. The van der Waals surface area contributed by atoms with Crippen LogP contribution in [0.15, 0.2) is 57.6 Å². The van der Waals surface area contributed by atoms with Crippen LogP contribution in [-0.2, 0) is 16.1 Å². The number of benzene rings is 1. The van der Waals surface area contributed by atoms with Crippen molar-refractivity contribution in [2.75, 3.05) is 13.7 Å². The second-order valence-electron chi connectivity index (χ2n) is 5.05. The van der Waals surface area contributed by atoms with E-state index in [2.05, 4.69) is 0 Å². The summed E-state index contributed by atoms with van der Waals surface area (Å²) in [5, 5.41) is 0.806. The third kappa shape index (κ3) is 3.42. The average molecular weight is 313 g/mol. The van der Waals surface area contributed by atoms with Gasteiger partial charge in [0.2, 0.25) is 5.76 Å². The summed E-state index contributed by atoms with van der Waals surface area (Å²) in [4.78, 5) is 25.3. The molecule has 0 N–H and O–H groups in total. The molecule has 0 atom stereocenters. The molecule has 6 heteroatoms. The van der Waals surface area contributed by atoms with Gasteiger partial charge in [-0.15, -0.1) is 0 Å². The lowest BCUT2D eigenvalue weighted by molar-refractivity contribution is -0.134. The van der Waals surface area contributed by atoms with E-state index >= 15 is 0 Å². The van der Waals surface area contributed by atoms with Crippen molar-refractivity contribution < 1.29 is 23.2 Å². The fourth-order valence-corrected chi connectivity index (χ4v) is 2.12. The summed E-state index contributed by atoms with van der Waals surface area (Å²) in [6, 6.07) is 12.4. The van der Waals surface area contributed by atoms with Crippen molar-refractivity contribution in [1.82, 2.24) is 4.90 Å². The number of ether oxygens (including phenoxy) is 1. The number of para-hydroxylation sites is 1. The van der Waals surface area contributed by atoms with Crippen LogP contribution in [0.4, 0.5) is 0 Å². The number of fused-ring (bicyclic) bond motifs is 1. The molecule has 0 saturated carbocycles. The fraction of sp³-hybridized carbons (Fsp3) is 0.176. The highest BCUT2D eigenvalue weighted by Crippen LogP contribution is 2.19. The Labute approximate surface area is 132 Å². The Bertz CT molecular complexity index is 786. The van der Waals surface area contributed by atoms with Gasteiger partial charge in [-0.1, -0.05) is 18.2 Å². The first kappa shape index (κ1) is 14.9. The van der Waals surface area contributed by atoms with Crippen molar-refractivity contribution in [3.8, 4) is 0 Å². The number of rotatable bonds is 5. The quantitative estimate of drug-likeness (QED) is 0.677. The first-order valence-electron chi connectivity index (χ1n) is 7.05. The maximum absolute atomic E-state index is 12.0. The summed E-state index contributed by atoms with van der Waals surface area (Å²) in [7, 11) is 1.61. The van der Waals surface area contributed by atoms with E-state index in [0.29, 0.717) is 17.9 Å². The molecule has 3 rings (SSSR count). The zero-order valence-corrected chi connectivity index (χ0v) is 12.5. The van der Waals surface area contributed by atoms with Gasteiger partial charge in [0, 0.05) is 12.4 Å². The number of carbonyl (C=O) groups excluding carboxylic acids is 2. The normalized spacial score (nSPS) is 10.7. The first-order valence-corrected chi connectivity index (χ1v) is 7.05. The maximum atomic E-state index is 12.0. The van der Waals surface area contributed by atoms with Gasteiger partial charge in [-0.05, 0) is 24.3 Å². The Kier molecular flexibility index (Phi) is 4.14. The summed E-state index contributed by atoms with van der Waals surface area (Å²) < 4.78 is 15.6. The molecular formula is C17H15NO5. The number of hydrogen-bond acceptors (Lipinski definition) is 5. The molecule has 2 heterocycles. The van der Waals surface area contributed by atoms with Crippen LogP contribution in [0.25, 0.3) is 11.0 Å². The number of likely N-dealkylation sites (N-methyl/N-ethyl adjacent to an activating group) is 1. The molecule has 3 aromatic rings. The van der Waals surface area contributed by atoms with Gasteiger partial charge in [-0.2, -0.15) is 0 Å². The maximum Gasteiger partial charge on any atom is 0.374 e. The van der Waals surface area contributed by atoms with Crippen molar-refractivity contribution in [2.24, 2.45) is 0 Å². The molecule has 0 aliphatic rings. The molecule has 0 fully saturated rings. The fourth-order valence-electron chi connectivity index (χ4n) is 2.12. The van der Waals surface area contributed by atoms with Gasteiger partial charge < -0.3 is 18.5 Å². The summed E-state index contributed by atoms with van der Waals surface area (Å²) in [5.74, 6) is -0.260. The van der Waals surface area contributed by atoms with Gasteiger partial charge in [0.15, 0.2) is 6.61 Å². The Morgan fingerprint density at radius 3 is 2.74 bits per heavy atom. The molecule has 0 spiro atoms. The molecule has 0 bridgehead atoms. The number of nitrogens with zero attached hydrogens (tertiary/aromatic N) is 1. The second kappa shape index (κ2) is 6.39. The van der Waals surface area contributed by atoms with E-state index in [9.17, 15) is 9.59 Å². The van der Waals surface area contributed by atoms with Crippen LogP contribution < -0.4 is 0 Å². The molecule has 0 radical (unpaired) electrons. The van der Waals surface area contributed by atoms with E-state index in [1.165, 1.54) is 11.2 Å². The Hall–Kier alpha value is -3.02. The predicted octanol–water partition coefficient (Wildman–Crippen LogP) is 2.84. The van der Waals surface area contributed by atoms with Crippen LogP contribution in [0.1, 0.15) is 16.3 Å². The van der Waals surface area contributed by atoms with Crippen molar-refractivity contribution in [3.63, 3.8) is 0 Å². The van der Waals surface area contributed by atoms with Gasteiger partial charge in [0.25, 0.3) is 5.91 Å². The molecule has 1 aromatic carbocycles. The van der Waals surface area contributed by atoms with Crippen molar-refractivity contribution in [2.45, 2.75) is 6.54 Å². The highest BCUT2D eigenvalue weighted by atomic mass is 16.5. The van der Waals surface area contributed by atoms with Crippen LogP contribution >= 0.6 is 0 Å². The van der Waals surface area contributed by atoms with Gasteiger partial charge in [-0.3, -0.25) is 4.79 Å². The molecule has 6 nitrogen and oxygen atoms in total. The molecule has 0 aliphatic heterocycles. The molecule has 23 heavy (non-hydrogen) atoms. The minimum atomic E-state index is -0.666. The van der Waals surface area contributed by atoms with E-state index in [0.717, 1.165) is 5.39 Å². The Balaban J connectivity index is 1.56. The van der Waals surface area contributed by atoms with E-state index in [4.69, 9.17) is 13.6 Å². The third-order valence-corrected chi connectivity index (χ3v) is 3.35. The van der Waals surface area contributed by atoms with Crippen molar-refractivity contribution in [3.05, 3.63) is 60.2 Å². The lowest BCUT2D eigenvalue weighted by Gasteiger charge is -2.15. The summed E-state index contributed by atoms with van der Waals surface area (Å²) in [6.45, 7) is -0.0406. The molecule has 118 valence electrons. The van der Waals surface area contributed by atoms with Crippen LogP contribution in [0.3, 0.4) is 0 Å². The first-order chi connectivity index (χ1) is 11.1. The molecule has 2 aromatic heterocycles. The van der Waals surface area contributed by atoms with Crippen molar-refractivity contribution in [1.29, 1.82) is 0 Å². The van der Waals surface area contributed by atoms with E-state index in [1.807, 2.05) is 18.2 Å². The standard InChI is InChI=1S/C17H15NO5/c1-18(10-13-6-4-8-21-13)16(19)11-22-17(20)15-9-12-5-2-3-7-14(12)23-15/h2-9H,10-11H2,1H3. The van der Waals surface area contributed by atoms with Crippen molar-refractivity contribution >= 4 is 22.8 Å². The second-order valence-corrected chi connectivity index (χ2v) is 5.05. The van der Waals surface area contributed by atoms with Crippen LogP contribution in [0.2, 0.25) is 0 Å². The lowest BCUT2D eigenvalue weighted by atomic mass is 10.2. The topological polar surface area (TPSA) is 72.9 Å². The summed E-state index contributed by atoms with van der Waals surface area (Å²) >= 11 is 0. The highest BCUT2D eigenvalue weighted by molar-refractivity contribution is 5.93. The average Bonchev–Trinajstić information content (AvgIpc) is 3.20. The number of amides is 1. The predicted molar refractivity (Wildman–Crippen MR) is 81.7 cm³/mol. The van der Waals surface area contributed by atoms with Crippen LogP contribution in [0, 0.1) is 0 Å². The zero-order chi connectivity index (χ0) is 16.2. The van der Waals surface area contributed by atoms with Gasteiger partial charge in [-0.25, -0.2) is 4.79 Å². The number of furan rings is 2. The Morgan fingerprint density at radius 1 is 1.17 bits per heavy atom. The number of carbonyl (C=O) groups is 2. The van der Waals surface area contributed by atoms with E-state index in [1.54, 1.807) is 31.3 Å². The molecule has 1 amide bonds. The van der Waals surface area contributed by atoms with Crippen LogP contribution in [0.5, 0.6) is 0 Å². The summed E-state index contributed by atoms with van der Waals surface area (Å²) in [6.07, 6.45) is 1.54. The minimum absolute atomic E-state index is 0.0766. The monoisotopic (exact) mass is 313 g/mol. The SMILES string of the molecule is CN(Cc1ccco1)C(=O)COC(=O)c1cc2ccccc2o1. The van der Waals surface area contributed by atoms with E-state index in [-0.39, 0.29) is 18.3 Å². The van der Waals surface area contributed by atoms with Gasteiger partial charge in [0.05, 0.1) is 12.8 Å². The minimum Gasteiger partial charge on any atom is -0.467 e. The van der Waals surface area contributed by atoms with E-state index < -0.39 is 5.97 Å². The van der Waals surface area contributed by atoms with Gasteiger partial charge >= 0.3 is 5.97 Å². The number of hydrogen-bond donors (Lipinski definition) is 0. The number of esters is 1. The summed E-state index contributed by atoms with van der Waals surface area (Å²) in [5.41, 5.74) is 0.598. The molecule has 0 aliphatic carbocycles. The van der Waals surface area contributed by atoms with Crippen LogP contribution in [-0.4, -0.2) is 30.4 Å². The largest absolute Gasteiger partial charge is 0.467 e. The molecular weight excluding hydrogens is 298 g/mol. The lowest BCUT2D eigenvalue weighted by Crippen LogP contribution is -2.30. The third-order valence-electron chi connectivity index (χ3n) is 3.35.